The summed E-state index contributed by atoms with van der Waals surface area (Å²) < 4.78 is 0. The SMILES string of the molecule is NCC[CH]C(N)C(=O)O. The van der Waals surface area contributed by atoms with Gasteiger partial charge in [0, 0.05) is 0 Å². The Morgan fingerprint density at radius 2 is 2.33 bits per heavy atom. The standard InChI is InChI=1S/C5H11N2O2/c6-3-1-2-4(7)5(8)9/h2,4H,1,3,6-7H2,(H,8,9). The third-order valence-corrected chi connectivity index (χ3v) is 0.872. The average molecular weight is 131 g/mol. The molecule has 0 aliphatic heterocycles. The van der Waals surface area contributed by atoms with E-state index in [1.807, 2.05) is 0 Å². The van der Waals surface area contributed by atoms with Crippen molar-refractivity contribution >= 4 is 5.97 Å². The van der Waals surface area contributed by atoms with Crippen molar-refractivity contribution in [3.63, 3.8) is 0 Å². The minimum atomic E-state index is -1.01. The normalized spacial score (nSPS) is 13.1. The highest BCUT2D eigenvalue weighted by Gasteiger charge is 2.09. The molecule has 0 saturated heterocycles. The number of carboxylic acid groups (broad SMARTS) is 1. The second kappa shape index (κ2) is 4.29. The summed E-state index contributed by atoms with van der Waals surface area (Å²) >= 11 is 0. The van der Waals surface area contributed by atoms with Crippen LogP contribution in [0.1, 0.15) is 6.42 Å². The molecule has 0 heterocycles. The smallest absolute Gasteiger partial charge is 0.320 e. The summed E-state index contributed by atoms with van der Waals surface area (Å²) in [4.78, 5) is 10.0. The lowest BCUT2D eigenvalue weighted by atomic mass is 10.2. The quantitative estimate of drug-likeness (QED) is 0.454. The third-order valence-electron chi connectivity index (χ3n) is 0.872. The molecule has 0 spiro atoms. The highest BCUT2D eigenvalue weighted by atomic mass is 16.4. The van der Waals surface area contributed by atoms with E-state index in [-0.39, 0.29) is 0 Å². The van der Waals surface area contributed by atoms with Crippen molar-refractivity contribution in [2.45, 2.75) is 12.5 Å². The van der Waals surface area contributed by atoms with Crippen molar-refractivity contribution < 1.29 is 9.90 Å². The van der Waals surface area contributed by atoms with Crippen LogP contribution < -0.4 is 11.5 Å². The molecule has 0 aromatic rings. The van der Waals surface area contributed by atoms with Gasteiger partial charge in [-0.15, -0.1) is 0 Å². The van der Waals surface area contributed by atoms with E-state index in [4.69, 9.17) is 16.6 Å². The highest BCUT2D eigenvalue weighted by Crippen LogP contribution is 1.89. The first-order valence-electron chi connectivity index (χ1n) is 2.70. The van der Waals surface area contributed by atoms with E-state index in [1.54, 1.807) is 0 Å². The van der Waals surface area contributed by atoms with Crippen LogP contribution in [0.25, 0.3) is 0 Å². The maximum atomic E-state index is 10.0. The molecule has 4 nitrogen and oxygen atoms in total. The Morgan fingerprint density at radius 1 is 1.78 bits per heavy atom. The van der Waals surface area contributed by atoms with Crippen LogP contribution in [-0.2, 0) is 4.79 Å². The van der Waals surface area contributed by atoms with E-state index in [0.29, 0.717) is 13.0 Å². The van der Waals surface area contributed by atoms with E-state index in [0.717, 1.165) is 0 Å². The Balaban J connectivity index is 3.27. The Hall–Kier alpha value is -0.610. The van der Waals surface area contributed by atoms with Gasteiger partial charge < -0.3 is 16.6 Å². The van der Waals surface area contributed by atoms with Crippen molar-refractivity contribution in [1.82, 2.24) is 0 Å². The highest BCUT2D eigenvalue weighted by molar-refractivity contribution is 5.74. The molecule has 0 fully saturated rings. The number of aliphatic carboxylic acids is 1. The van der Waals surface area contributed by atoms with Crippen LogP contribution in [0.5, 0.6) is 0 Å². The molecule has 0 saturated carbocycles. The second-order valence-corrected chi connectivity index (χ2v) is 1.68. The molecule has 0 bridgehead atoms. The lowest BCUT2D eigenvalue weighted by Crippen LogP contribution is -2.31. The van der Waals surface area contributed by atoms with Gasteiger partial charge in [0.2, 0.25) is 0 Å². The van der Waals surface area contributed by atoms with Crippen molar-refractivity contribution in [3.05, 3.63) is 6.42 Å². The fraction of sp³-hybridized carbons (Fsp3) is 0.600. The molecule has 1 radical (unpaired) electrons. The van der Waals surface area contributed by atoms with Crippen LogP contribution in [0.15, 0.2) is 0 Å². The minimum Gasteiger partial charge on any atom is -0.480 e. The van der Waals surface area contributed by atoms with Crippen LogP contribution in [0, 0.1) is 6.42 Å². The maximum Gasteiger partial charge on any atom is 0.320 e. The van der Waals surface area contributed by atoms with Crippen molar-refractivity contribution in [2.24, 2.45) is 11.5 Å². The van der Waals surface area contributed by atoms with E-state index >= 15 is 0 Å². The summed E-state index contributed by atoms with van der Waals surface area (Å²) in [5, 5.41) is 8.21. The third kappa shape index (κ3) is 3.93. The molecule has 1 atom stereocenters. The minimum absolute atomic E-state index is 0.445. The van der Waals surface area contributed by atoms with Crippen molar-refractivity contribution in [2.75, 3.05) is 6.54 Å². The van der Waals surface area contributed by atoms with E-state index in [9.17, 15) is 4.79 Å². The molecule has 0 aliphatic rings. The first kappa shape index (κ1) is 8.39. The Bertz CT molecular complexity index is 95.0. The van der Waals surface area contributed by atoms with Crippen LogP contribution in [0.2, 0.25) is 0 Å². The van der Waals surface area contributed by atoms with Crippen LogP contribution >= 0.6 is 0 Å². The lowest BCUT2D eigenvalue weighted by Gasteiger charge is -2.01. The fourth-order valence-electron chi connectivity index (χ4n) is 0.377. The Labute approximate surface area is 53.8 Å². The van der Waals surface area contributed by atoms with Gasteiger partial charge in [-0.1, -0.05) is 0 Å². The van der Waals surface area contributed by atoms with Gasteiger partial charge in [0.15, 0.2) is 0 Å². The van der Waals surface area contributed by atoms with Crippen molar-refractivity contribution in [1.29, 1.82) is 0 Å². The van der Waals surface area contributed by atoms with Gasteiger partial charge in [0.1, 0.15) is 6.04 Å². The molecular weight excluding hydrogens is 120 g/mol. The van der Waals surface area contributed by atoms with E-state index in [1.165, 1.54) is 6.42 Å². The average Bonchev–Trinajstić information content (AvgIpc) is 1.82. The largest absolute Gasteiger partial charge is 0.480 e. The van der Waals surface area contributed by atoms with Gasteiger partial charge >= 0.3 is 5.97 Å². The van der Waals surface area contributed by atoms with Gasteiger partial charge in [-0.3, -0.25) is 4.79 Å². The van der Waals surface area contributed by atoms with Gasteiger partial charge in [0.05, 0.1) is 0 Å². The van der Waals surface area contributed by atoms with Gasteiger partial charge in [0.25, 0.3) is 0 Å². The summed E-state index contributed by atoms with van der Waals surface area (Å²) in [5.74, 6) is -1.01. The van der Waals surface area contributed by atoms with Crippen molar-refractivity contribution in [3.8, 4) is 0 Å². The van der Waals surface area contributed by atoms with Gasteiger partial charge in [-0.05, 0) is 19.4 Å². The van der Waals surface area contributed by atoms with Gasteiger partial charge in [-0.2, -0.15) is 0 Å². The molecule has 9 heavy (non-hydrogen) atoms. The molecule has 5 N–H and O–H groups in total. The predicted octanol–water partition coefficient (Wildman–Crippen LogP) is -1.05. The Kier molecular flexibility index (Phi) is 4.00. The first-order valence-corrected chi connectivity index (χ1v) is 2.70. The van der Waals surface area contributed by atoms with E-state index in [2.05, 4.69) is 0 Å². The predicted molar refractivity (Wildman–Crippen MR) is 33.6 cm³/mol. The summed E-state index contributed by atoms with van der Waals surface area (Å²) in [5.41, 5.74) is 10.2. The number of carbonyl (C=O) groups is 1. The number of hydrogen-bond donors (Lipinski definition) is 3. The van der Waals surface area contributed by atoms with Crippen LogP contribution in [0.4, 0.5) is 0 Å². The zero-order chi connectivity index (χ0) is 7.28. The molecule has 1 unspecified atom stereocenters. The Morgan fingerprint density at radius 3 is 2.67 bits per heavy atom. The second-order valence-electron chi connectivity index (χ2n) is 1.68. The number of hydrogen-bond acceptors (Lipinski definition) is 3. The van der Waals surface area contributed by atoms with Crippen LogP contribution in [-0.4, -0.2) is 23.7 Å². The van der Waals surface area contributed by atoms with Crippen LogP contribution in [0.3, 0.4) is 0 Å². The first-order chi connectivity index (χ1) is 4.18. The molecule has 0 amide bonds. The number of nitrogens with two attached hydrogens (primary N) is 2. The number of carboxylic acids is 1. The molecule has 0 aromatic carbocycles. The monoisotopic (exact) mass is 131 g/mol. The topological polar surface area (TPSA) is 89.3 Å². The molecule has 0 rings (SSSR count). The zero-order valence-corrected chi connectivity index (χ0v) is 5.08. The fourth-order valence-corrected chi connectivity index (χ4v) is 0.377. The molecule has 0 aromatic heterocycles. The summed E-state index contributed by atoms with van der Waals surface area (Å²) in [6.07, 6.45) is 2.02. The van der Waals surface area contributed by atoms with E-state index < -0.39 is 12.0 Å². The maximum absolute atomic E-state index is 10.0. The molecule has 53 valence electrons. The van der Waals surface area contributed by atoms with Gasteiger partial charge in [-0.25, -0.2) is 0 Å². The summed E-state index contributed by atoms with van der Waals surface area (Å²) in [6, 6.07) is -0.867. The number of rotatable bonds is 4. The summed E-state index contributed by atoms with van der Waals surface area (Å²) in [7, 11) is 0. The lowest BCUT2D eigenvalue weighted by molar-refractivity contribution is -0.137. The molecular formula is C5H11N2O2. The summed E-state index contributed by atoms with van der Waals surface area (Å²) in [6.45, 7) is 0.445. The molecule has 0 aliphatic carbocycles. The molecule has 4 heteroatoms. The zero-order valence-electron chi connectivity index (χ0n) is 5.08.